The van der Waals surface area contributed by atoms with Gasteiger partial charge in [0.05, 0.1) is 22.5 Å². The molecule has 2 heterocycles. The summed E-state index contributed by atoms with van der Waals surface area (Å²) in [5.74, 6) is -3.17. The van der Waals surface area contributed by atoms with Gasteiger partial charge in [-0.1, -0.05) is 12.1 Å². The number of aromatic nitrogens is 3. The predicted molar refractivity (Wildman–Crippen MR) is 127 cm³/mol. The van der Waals surface area contributed by atoms with Crippen LogP contribution in [0.2, 0.25) is 0 Å². The molecule has 3 saturated carbocycles. The minimum absolute atomic E-state index is 0.0255. The normalized spacial score (nSPS) is 23.0. The summed E-state index contributed by atoms with van der Waals surface area (Å²) in [5.41, 5.74) is -0.645. The van der Waals surface area contributed by atoms with Gasteiger partial charge in [0.1, 0.15) is 24.1 Å². The first kappa shape index (κ1) is 23.8. The van der Waals surface area contributed by atoms with Crippen LogP contribution in [0, 0.1) is 18.7 Å². The Labute approximate surface area is 201 Å². The molecule has 35 heavy (non-hydrogen) atoms. The van der Waals surface area contributed by atoms with Gasteiger partial charge >= 0.3 is 0 Å². The van der Waals surface area contributed by atoms with Crippen molar-refractivity contribution in [2.24, 2.45) is 5.92 Å². The number of pyridine rings is 1. The van der Waals surface area contributed by atoms with Gasteiger partial charge in [-0.05, 0) is 64.4 Å². The number of aliphatic hydroxyl groups excluding tert-OH is 1. The molecule has 3 fully saturated rings. The van der Waals surface area contributed by atoms with E-state index in [1.54, 1.807) is 13.8 Å². The molecule has 2 aromatic heterocycles. The van der Waals surface area contributed by atoms with E-state index in [2.05, 4.69) is 15.3 Å². The van der Waals surface area contributed by atoms with Crippen LogP contribution in [0.3, 0.4) is 0 Å². The Morgan fingerprint density at radius 2 is 1.91 bits per heavy atom. The quantitative estimate of drug-likeness (QED) is 0.502. The standard InChI is InChI=1S/C26H29F3N4O2/c1-15(18-4-3-5-20(23(18)27)26(28,29)14-34)30-24-19-13-33(22(35)12-21(19)31-16(2)32-24)25-9-6-17(7-10-25)8-11-25/h3-5,12-13,15,17,34H,6-11,14H2,1-2H3,(H,30,31,32)/t15-,17?,25?/m0/s1. The summed E-state index contributed by atoms with van der Waals surface area (Å²) in [4.78, 5) is 22.1. The van der Waals surface area contributed by atoms with Gasteiger partial charge in [0.15, 0.2) is 0 Å². The van der Waals surface area contributed by atoms with E-state index in [1.807, 2.05) is 10.8 Å². The van der Waals surface area contributed by atoms with Crippen molar-refractivity contribution in [3.8, 4) is 0 Å². The molecular weight excluding hydrogens is 457 g/mol. The van der Waals surface area contributed by atoms with Crippen LogP contribution >= 0.6 is 0 Å². The van der Waals surface area contributed by atoms with Crippen LogP contribution in [0.25, 0.3) is 10.9 Å². The zero-order valence-electron chi connectivity index (χ0n) is 19.8. The van der Waals surface area contributed by atoms with Crippen molar-refractivity contribution >= 4 is 16.7 Å². The van der Waals surface area contributed by atoms with Crippen LogP contribution in [0.5, 0.6) is 0 Å². The van der Waals surface area contributed by atoms with E-state index < -0.39 is 30.0 Å². The molecule has 0 aliphatic heterocycles. The maximum atomic E-state index is 15.1. The van der Waals surface area contributed by atoms with Crippen molar-refractivity contribution in [2.75, 3.05) is 11.9 Å². The second-order valence-corrected chi connectivity index (χ2v) is 10.0. The molecule has 0 amide bonds. The van der Waals surface area contributed by atoms with Crippen molar-refractivity contribution in [3.05, 3.63) is 63.6 Å². The number of hydrogen-bond donors (Lipinski definition) is 2. The van der Waals surface area contributed by atoms with Gasteiger partial charge in [-0.3, -0.25) is 4.79 Å². The molecule has 186 valence electrons. The number of aliphatic hydroxyl groups is 1. The molecule has 6 nitrogen and oxygen atoms in total. The summed E-state index contributed by atoms with van der Waals surface area (Å²) < 4.78 is 45.0. The maximum Gasteiger partial charge on any atom is 0.298 e. The average molecular weight is 487 g/mol. The van der Waals surface area contributed by atoms with Crippen LogP contribution in [0.1, 0.15) is 68.4 Å². The minimum atomic E-state index is -3.69. The average Bonchev–Trinajstić information content (AvgIpc) is 2.84. The maximum absolute atomic E-state index is 15.1. The predicted octanol–water partition coefficient (Wildman–Crippen LogP) is 5.18. The summed E-state index contributed by atoms with van der Waals surface area (Å²) in [5, 5.41) is 12.8. The first-order chi connectivity index (χ1) is 16.6. The highest BCUT2D eigenvalue weighted by Gasteiger charge is 2.42. The van der Waals surface area contributed by atoms with Crippen molar-refractivity contribution in [3.63, 3.8) is 0 Å². The molecule has 0 unspecified atom stereocenters. The fraction of sp³-hybridized carbons (Fsp3) is 0.500. The summed E-state index contributed by atoms with van der Waals surface area (Å²) in [6.07, 6.45) is 8.05. The number of rotatable bonds is 6. The molecule has 1 aromatic carbocycles. The van der Waals surface area contributed by atoms with Crippen LogP contribution in [0.4, 0.5) is 19.0 Å². The molecule has 6 rings (SSSR count). The number of aryl methyl sites for hydroxylation is 1. The van der Waals surface area contributed by atoms with Crippen LogP contribution < -0.4 is 10.9 Å². The lowest BCUT2D eigenvalue weighted by Gasteiger charge is -2.47. The highest BCUT2D eigenvalue weighted by Crippen LogP contribution is 2.48. The van der Waals surface area contributed by atoms with E-state index in [0.717, 1.165) is 50.5 Å². The largest absolute Gasteiger partial charge is 0.390 e. The Morgan fingerprint density at radius 1 is 1.23 bits per heavy atom. The molecule has 0 saturated heterocycles. The van der Waals surface area contributed by atoms with Gasteiger partial charge in [0, 0.05) is 23.4 Å². The fourth-order valence-electron chi connectivity index (χ4n) is 5.82. The molecule has 1 atom stereocenters. The summed E-state index contributed by atoms with van der Waals surface area (Å²) in [6, 6.07) is 4.55. The molecule has 3 aromatic rings. The molecule has 2 N–H and O–H groups in total. The van der Waals surface area contributed by atoms with Gasteiger partial charge in [0.2, 0.25) is 0 Å². The second-order valence-electron chi connectivity index (χ2n) is 10.0. The molecular formula is C26H29F3N4O2. The van der Waals surface area contributed by atoms with Crippen molar-refractivity contribution < 1.29 is 18.3 Å². The zero-order chi connectivity index (χ0) is 25.0. The van der Waals surface area contributed by atoms with Crippen LogP contribution in [-0.2, 0) is 11.5 Å². The topological polar surface area (TPSA) is 80.0 Å². The smallest absolute Gasteiger partial charge is 0.298 e. The zero-order valence-corrected chi connectivity index (χ0v) is 19.8. The molecule has 3 aliphatic carbocycles. The second kappa shape index (κ2) is 8.62. The lowest BCUT2D eigenvalue weighted by atomic mass is 9.65. The van der Waals surface area contributed by atoms with Gasteiger partial charge in [0.25, 0.3) is 11.5 Å². The third-order valence-electron chi connectivity index (χ3n) is 7.85. The van der Waals surface area contributed by atoms with E-state index >= 15 is 4.39 Å². The molecule has 0 spiro atoms. The molecule has 2 bridgehead atoms. The lowest BCUT2D eigenvalue weighted by molar-refractivity contribution is -0.0583. The third-order valence-corrected chi connectivity index (χ3v) is 7.85. The van der Waals surface area contributed by atoms with Gasteiger partial charge in [-0.2, -0.15) is 8.78 Å². The molecule has 0 radical (unpaired) electrons. The van der Waals surface area contributed by atoms with Gasteiger partial charge in [-0.15, -0.1) is 0 Å². The highest BCUT2D eigenvalue weighted by atomic mass is 19.3. The number of nitrogens with one attached hydrogen (secondary N) is 1. The van der Waals surface area contributed by atoms with Crippen molar-refractivity contribution in [2.45, 2.75) is 69.9 Å². The summed E-state index contributed by atoms with van der Waals surface area (Å²) in [7, 11) is 0. The Kier molecular flexibility index (Phi) is 5.86. The van der Waals surface area contributed by atoms with Crippen LogP contribution in [0.15, 0.2) is 35.3 Å². The number of fused-ring (bicyclic) bond motifs is 4. The third kappa shape index (κ3) is 4.09. The molecule has 9 heteroatoms. The Morgan fingerprint density at radius 3 is 2.57 bits per heavy atom. The fourth-order valence-corrected chi connectivity index (χ4v) is 5.82. The minimum Gasteiger partial charge on any atom is -0.390 e. The van der Waals surface area contributed by atoms with E-state index in [-0.39, 0.29) is 16.7 Å². The van der Waals surface area contributed by atoms with Crippen molar-refractivity contribution in [1.29, 1.82) is 0 Å². The number of benzene rings is 1. The monoisotopic (exact) mass is 486 g/mol. The van der Waals surface area contributed by atoms with Crippen LogP contribution in [-0.4, -0.2) is 26.2 Å². The van der Waals surface area contributed by atoms with E-state index in [1.165, 1.54) is 18.2 Å². The first-order valence-electron chi connectivity index (χ1n) is 12.1. The number of nitrogens with zero attached hydrogens (tertiary/aromatic N) is 3. The lowest BCUT2D eigenvalue weighted by Crippen LogP contribution is -2.47. The van der Waals surface area contributed by atoms with E-state index in [4.69, 9.17) is 5.11 Å². The van der Waals surface area contributed by atoms with Gasteiger partial charge in [-0.25, -0.2) is 14.4 Å². The SMILES string of the molecule is Cc1nc(N[C@@H](C)c2cccc(C(F)(F)CO)c2F)c2cn(C34CCC(CC3)CC4)c(=O)cc2n1. The number of alkyl halides is 2. The van der Waals surface area contributed by atoms with E-state index in [0.29, 0.717) is 22.5 Å². The Balaban J connectivity index is 1.56. The number of halogens is 3. The van der Waals surface area contributed by atoms with Crippen molar-refractivity contribution in [1.82, 2.24) is 14.5 Å². The molecule has 3 aliphatic rings. The summed E-state index contributed by atoms with van der Waals surface area (Å²) >= 11 is 0. The number of anilines is 1. The van der Waals surface area contributed by atoms with E-state index in [9.17, 15) is 13.6 Å². The highest BCUT2D eigenvalue weighted by molar-refractivity contribution is 5.88. The Hall–Kier alpha value is -2.94. The van der Waals surface area contributed by atoms with Gasteiger partial charge < -0.3 is 15.0 Å². The first-order valence-corrected chi connectivity index (χ1v) is 12.1. The summed E-state index contributed by atoms with van der Waals surface area (Å²) in [6.45, 7) is 1.87. The Bertz CT molecular complexity index is 1320. The number of hydrogen-bond acceptors (Lipinski definition) is 5.